The summed E-state index contributed by atoms with van der Waals surface area (Å²) in [5.74, 6) is 0. The quantitative estimate of drug-likeness (QED) is 0.644. The molecule has 0 rings (SSSR count). The van der Waals surface area contributed by atoms with Gasteiger partial charge in [0.15, 0.2) is 0 Å². The monoisotopic (exact) mass is 173 g/mol. The van der Waals surface area contributed by atoms with E-state index in [-0.39, 0.29) is 11.6 Å². The van der Waals surface area contributed by atoms with Crippen LogP contribution in [0.4, 0.5) is 0 Å². The summed E-state index contributed by atoms with van der Waals surface area (Å²) in [5.41, 5.74) is 5.48. The van der Waals surface area contributed by atoms with Crippen molar-refractivity contribution < 1.29 is 0 Å². The second-order valence-corrected chi connectivity index (χ2v) is 3.49. The van der Waals surface area contributed by atoms with Crippen LogP contribution in [-0.4, -0.2) is 23.7 Å². The van der Waals surface area contributed by atoms with Crippen molar-refractivity contribution in [3.8, 4) is 0 Å². The number of nitrogens with two attached hydrogens (primary N) is 1. The van der Waals surface area contributed by atoms with Crippen molar-refractivity contribution in [3.63, 3.8) is 0 Å². The van der Waals surface area contributed by atoms with E-state index < -0.39 is 0 Å². The topological polar surface area (TPSA) is 52.3 Å². The molecule has 3 nitrogen and oxygen atoms in total. The Labute approximate surface area is 75.5 Å². The van der Waals surface area contributed by atoms with Crippen LogP contribution in [0.5, 0.6) is 0 Å². The minimum Gasteiger partial charge on any atom is -0.785 e. The Morgan fingerprint density at radius 1 is 1.50 bits per heavy atom. The van der Waals surface area contributed by atoms with Crippen LogP contribution < -0.4 is 5.73 Å². The molecule has 0 aliphatic carbocycles. The van der Waals surface area contributed by atoms with Gasteiger partial charge in [-0.25, -0.2) is 0 Å². The van der Waals surface area contributed by atoms with Gasteiger partial charge in [0.2, 0.25) is 0 Å². The Morgan fingerprint density at radius 3 is 2.08 bits per heavy atom. The summed E-state index contributed by atoms with van der Waals surface area (Å²) in [7, 11) is 1.57. The second kappa shape index (κ2) is 4.80. The van der Waals surface area contributed by atoms with Crippen LogP contribution in [0.3, 0.4) is 0 Å². The predicted molar refractivity (Wildman–Crippen MR) is 52.7 cm³/mol. The zero-order chi connectivity index (χ0) is 9.78. The van der Waals surface area contributed by atoms with Crippen molar-refractivity contribution in [1.29, 1.82) is 0 Å². The van der Waals surface area contributed by atoms with Gasteiger partial charge in [-0.2, -0.15) is 0 Å². The van der Waals surface area contributed by atoms with Gasteiger partial charge in [-0.05, 0) is 26.8 Å². The average molecular weight is 173 g/mol. The van der Waals surface area contributed by atoms with Crippen LogP contribution in [0, 0.1) is 5.21 Å². The van der Waals surface area contributed by atoms with E-state index in [1.807, 2.05) is 13.8 Å². The molecule has 2 N–H and O–H groups in total. The standard InChI is InChI=1S/C9H21N2O/c1-5-7-9(6-2,8(3)10)11(4)12/h8H,5-7,10H2,1-4H3/q-1. The lowest BCUT2D eigenvalue weighted by Gasteiger charge is -2.49. The molecule has 0 aliphatic rings. The van der Waals surface area contributed by atoms with Gasteiger partial charge in [-0.15, -0.1) is 0 Å². The molecule has 0 aliphatic heterocycles. The first-order valence-electron chi connectivity index (χ1n) is 4.67. The minimum absolute atomic E-state index is 0.0649. The lowest BCUT2D eigenvalue weighted by molar-refractivity contribution is 0.127. The molecule has 0 heterocycles. The summed E-state index contributed by atoms with van der Waals surface area (Å²) in [6.45, 7) is 6.01. The first-order valence-corrected chi connectivity index (χ1v) is 4.67. The first-order chi connectivity index (χ1) is 5.51. The first kappa shape index (κ1) is 11.9. The Bertz CT molecular complexity index is 116. The number of nitrogens with zero attached hydrogens (tertiary/aromatic N) is 1. The normalized spacial score (nSPS) is 19.2. The van der Waals surface area contributed by atoms with E-state index in [0.717, 1.165) is 24.3 Å². The highest BCUT2D eigenvalue weighted by Crippen LogP contribution is 2.26. The third kappa shape index (κ3) is 2.19. The molecule has 2 unspecified atom stereocenters. The van der Waals surface area contributed by atoms with E-state index >= 15 is 0 Å². The van der Waals surface area contributed by atoms with Crippen LogP contribution >= 0.6 is 0 Å². The maximum atomic E-state index is 11.4. The van der Waals surface area contributed by atoms with Crippen LogP contribution in [-0.2, 0) is 0 Å². The molecule has 3 heteroatoms. The molecule has 2 atom stereocenters. The molecule has 0 saturated carbocycles. The molecular formula is C9H21N2O-. The van der Waals surface area contributed by atoms with E-state index in [1.54, 1.807) is 7.05 Å². The van der Waals surface area contributed by atoms with Gasteiger partial charge in [-0.1, -0.05) is 20.3 Å². The van der Waals surface area contributed by atoms with Crippen molar-refractivity contribution in [3.05, 3.63) is 5.21 Å². The molecule has 0 spiro atoms. The number of hydrogen-bond acceptors (Lipinski definition) is 3. The summed E-state index contributed by atoms with van der Waals surface area (Å²) in [4.78, 5) is 0. The van der Waals surface area contributed by atoms with Crippen LogP contribution in [0.1, 0.15) is 40.0 Å². The molecule has 0 aromatic rings. The summed E-state index contributed by atoms with van der Waals surface area (Å²) in [6.07, 6.45) is 2.70. The molecule has 0 amide bonds. The summed E-state index contributed by atoms with van der Waals surface area (Å²) < 4.78 is 0. The van der Waals surface area contributed by atoms with Crippen molar-refractivity contribution in [2.75, 3.05) is 7.05 Å². The summed E-state index contributed by atoms with van der Waals surface area (Å²) in [6, 6.07) is -0.0649. The molecule has 0 aromatic carbocycles. The van der Waals surface area contributed by atoms with Crippen molar-refractivity contribution >= 4 is 0 Å². The SMILES string of the molecule is CCCC(CC)(C(C)N)N(C)[O-]. The molecule has 0 bridgehead atoms. The van der Waals surface area contributed by atoms with Gasteiger partial charge >= 0.3 is 0 Å². The van der Waals surface area contributed by atoms with Crippen LogP contribution in [0.15, 0.2) is 0 Å². The lowest BCUT2D eigenvalue weighted by Crippen LogP contribution is -2.55. The maximum absolute atomic E-state index is 11.4. The highest BCUT2D eigenvalue weighted by molar-refractivity contribution is 4.95. The second-order valence-electron chi connectivity index (χ2n) is 3.49. The number of hydroxylamine groups is 2. The molecule has 0 fully saturated rings. The van der Waals surface area contributed by atoms with Crippen LogP contribution in [0.25, 0.3) is 0 Å². The molecule has 0 saturated heterocycles. The smallest absolute Gasteiger partial charge is 0.0237 e. The molecule has 0 aromatic heterocycles. The Balaban J connectivity index is 4.51. The summed E-state index contributed by atoms with van der Waals surface area (Å²) >= 11 is 0. The van der Waals surface area contributed by atoms with Crippen molar-refractivity contribution in [1.82, 2.24) is 5.06 Å². The van der Waals surface area contributed by atoms with Crippen molar-refractivity contribution in [2.24, 2.45) is 5.73 Å². The fourth-order valence-corrected chi connectivity index (χ4v) is 1.83. The molecule has 0 radical (unpaired) electrons. The van der Waals surface area contributed by atoms with E-state index in [4.69, 9.17) is 5.73 Å². The average Bonchev–Trinajstić information content (AvgIpc) is 1.98. The third-order valence-corrected chi connectivity index (χ3v) is 2.77. The van der Waals surface area contributed by atoms with Gasteiger partial charge in [-0.3, -0.25) is 0 Å². The number of likely N-dealkylation sites (N-methyl/N-ethyl adjacent to an activating group) is 1. The van der Waals surface area contributed by atoms with Gasteiger partial charge in [0.05, 0.1) is 0 Å². The number of rotatable bonds is 5. The van der Waals surface area contributed by atoms with Gasteiger partial charge in [0, 0.05) is 11.6 Å². The van der Waals surface area contributed by atoms with Crippen LogP contribution in [0.2, 0.25) is 0 Å². The maximum Gasteiger partial charge on any atom is 0.0237 e. The molecular weight excluding hydrogens is 152 g/mol. The summed E-state index contributed by atoms with van der Waals surface area (Å²) in [5, 5.41) is 12.4. The Kier molecular flexibility index (Phi) is 4.75. The number of hydrogen-bond donors (Lipinski definition) is 1. The van der Waals surface area contributed by atoms with Gasteiger partial charge in [0.25, 0.3) is 0 Å². The van der Waals surface area contributed by atoms with Gasteiger partial charge in [0.1, 0.15) is 0 Å². The van der Waals surface area contributed by atoms with E-state index in [9.17, 15) is 5.21 Å². The Morgan fingerprint density at radius 2 is 2.00 bits per heavy atom. The molecule has 12 heavy (non-hydrogen) atoms. The highest BCUT2D eigenvalue weighted by atomic mass is 16.5. The van der Waals surface area contributed by atoms with E-state index in [2.05, 4.69) is 6.92 Å². The van der Waals surface area contributed by atoms with Gasteiger partial charge < -0.3 is 16.0 Å². The molecule has 74 valence electrons. The zero-order valence-electron chi connectivity index (χ0n) is 8.63. The predicted octanol–water partition coefficient (Wildman–Crippen LogP) is 1.71. The highest BCUT2D eigenvalue weighted by Gasteiger charge is 2.30. The van der Waals surface area contributed by atoms with Crippen molar-refractivity contribution in [2.45, 2.75) is 51.6 Å². The largest absolute Gasteiger partial charge is 0.785 e. The van der Waals surface area contributed by atoms with E-state index in [0.29, 0.717) is 0 Å². The fourth-order valence-electron chi connectivity index (χ4n) is 1.83. The minimum atomic E-state index is -0.352. The zero-order valence-corrected chi connectivity index (χ0v) is 8.63. The van der Waals surface area contributed by atoms with E-state index in [1.165, 1.54) is 0 Å². The fraction of sp³-hybridized carbons (Fsp3) is 1.00. The Hall–Kier alpha value is -0.120. The lowest BCUT2D eigenvalue weighted by atomic mass is 9.84. The third-order valence-electron chi connectivity index (χ3n) is 2.77.